The van der Waals surface area contributed by atoms with Gasteiger partial charge in [-0.2, -0.15) is 11.8 Å². The molecule has 3 aromatic carbocycles. The van der Waals surface area contributed by atoms with Gasteiger partial charge in [0.25, 0.3) is 0 Å². The van der Waals surface area contributed by atoms with Gasteiger partial charge in [-0.15, -0.1) is 0 Å². The van der Waals surface area contributed by atoms with E-state index in [4.69, 9.17) is 15.2 Å². The lowest BCUT2D eigenvalue weighted by Crippen LogP contribution is -2.31. The molecule has 0 aromatic heterocycles. The van der Waals surface area contributed by atoms with Crippen molar-refractivity contribution in [3.05, 3.63) is 89.5 Å². The minimum absolute atomic E-state index is 0.0156. The van der Waals surface area contributed by atoms with Crippen LogP contribution in [0.3, 0.4) is 0 Å². The van der Waals surface area contributed by atoms with Gasteiger partial charge in [-0.3, -0.25) is 9.59 Å². The maximum atomic E-state index is 12.7. The predicted molar refractivity (Wildman–Crippen MR) is 170 cm³/mol. The molecule has 6 N–H and O–H groups in total. The molecule has 3 atom stereocenters. The molecule has 0 radical (unpaired) electrons. The van der Waals surface area contributed by atoms with Crippen LogP contribution >= 0.6 is 11.8 Å². The minimum atomic E-state index is -0.620. The first kappa shape index (κ1) is 32.5. The lowest BCUT2D eigenvalue weighted by Gasteiger charge is -2.36. The number of carbonyl (C=O) groups excluding carboxylic acids is 2. The first-order valence-corrected chi connectivity index (χ1v) is 15.8. The number of benzene rings is 3. The third-order valence-electron chi connectivity index (χ3n) is 7.14. The van der Waals surface area contributed by atoms with Crippen LogP contribution < -0.4 is 16.4 Å². The molecule has 1 heterocycles. The van der Waals surface area contributed by atoms with Crippen molar-refractivity contribution in [3.63, 3.8) is 0 Å². The Morgan fingerprint density at radius 2 is 1.60 bits per heavy atom. The van der Waals surface area contributed by atoms with E-state index in [1.807, 2.05) is 60.7 Å². The van der Waals surface area contributed by atoms with E-state index in [9.17, 15) is 19.8 Å². The maximum Gasteiger partial charge on any atom is 0.224 e. The van der Waals surface area contributed by atoms with Crippen molar-refractivity contribution in [2.24, 2.45) is 0 Å². The van der Waals surface area contributed by atoms with Crippen LogP contribution in [0.25, 0.3) is 0 Å². The summed E-state index contributed by atoms with van der Waals surface area (Å²) in [6.07, 6.45) is 2.60. The van der Waals surface area contributed by atoms with Gasteiger partial charge in [0.1, 0.15) is 0 Å². The van der Waals surface area contributed by atoms with Gasteiger partial charge in [-0.05, 0) is 48.2 Å². The van der Waals surface area contributed by atoms with Crippen LogP contribution in [0.2, 0.25) is 0 Å². The molecule has 1 saturated heterocycles. The Morgan fingerprint density at radius 3 is 2.33 bits per heavy atom. The molecular weight excluding hydrogens is 566 g/mol. The van der Waals surface area contributed by atoms with Gasteiger partial charge in [0, 0.05) is 42.0 Å². The molecule has 0 aliphatic carbocycles. The Hall–Kier alpha value is -3.41. The Kier molecular flexibility index (Phi) is 12.9. The molecular formula is C33H41N3O6S. The number of carbonyl (C=O) groups is 2. The summed E-state index contributed by atoms with van der Waals surface area (Å²) in [5, 5.41) is 24.4. The summed E-state index contributed by atoms with van der Waals surface area (Å²) >= 11 is 1.64. The van der Waals surface area contributed by atoms with Crippen LogP contribution in [0.4, 0.5) is 17.1 Å². The fourth-order valence-electron chi connectivity index (χ4n) is 4.86. The molecule has 4 rings (SSSR count). The van der Waals surface area contributed by atoms with Crippen molar-refractivity contribution in [1.82, 2.24) is 0 Å². The summed E-state index contributed by atoms with van der Waals surface area (Å²) < 4.78 is 12.7. The van der Waals surface area contributed by atoms with E-state index in [1.165, 1.54) is 0 Å². The highest BCUT2D eigenvalue weighted by Crippen LogP contribution is 2.39. The summed E-state index contributed by atoms with van der Waals surface area (Å²) in [7, 11) is 0. The lowest BCUT2D eigenvalue weighted by molar-refractivity contribution is -0.245. The average Bonchev–Trinajstić information content (AvgIpc) is 3.02. The van der Waals surface area contributed by atoms with Crippen LogP contribution in [0, 0.1) is 0 Å². The number of hydrogen-bond donors (Lipinski definition) is 5. The summed E-state index contributed by atoms with van der Waals surface area (Å²) in [5.41, 5.74) is 10.3. The number of thioether (sulfide) groups is 1. The second-order valence-electron chi connectivity index (χ2n) is 10.5. The third-order valence-corrected chi connectivity index (χ3v) is 8.22. The van der Waals surface area contributed by atoms with Crippen molar-refractivity contribution >= 4 is 40.6 Å². The Balaban J connectivity index is 1.27. The number of anilines is 3. The van der Waals surface area contributed by atoms with E-state index in [0.717, 1.165) is 28.9 Å². The lowest BCUT2D eigenvalue weighted by atomic mass is 10.0. The zero-order valence-electron chi connectivity index (χ0n) is 24.2. The predicted octanol–water partition coefficient (Wildman–Crippen LogP) is 5.56. The molecule has 1 aliphatic heterocycles. The molecule has 9 nitrogen and oxygen atoms in total. The first-order chi connectivity index (χ1) is 20.9. The van der Waals surface area contributed by atoms with E-state index in [-0.39, 0.29) is 37.2 Å². The van der Waals surface area contributed by atoms with Crippen LogP contribution in [-0.4, -0.2) is 46.2 Å². The standard InChI is InChI=1S/C33H41N3O6S/c34-28-9-4-5-10-29(28)36-32(40)12-3-1-2-11-31(39)35-26-8-6-7-25(19-26)33-41-27(22-43-18-17-37)20-30(42-33)24-15-13-23(21-38)14-16-24/h4-10,13-16,19,27,30,33,37-38H,1-3,11-12,17-18,20-22,34H2,(H,35,39)(H,36,40)/t27-,30+,33+/m0/s1. The zero-order chi connectivity index (χ0) is 30.4. The molecule has 0 unspecified atom stereocenters. The fraction of sp³-hybridized carbons (Fsp3) is 0.394. The van der Waals surface area contributed by atoms with Crippen molar-refractivity contribution < 1.29 is 29.3 Å². The molecule has 0 bridgehead atoms. The summed E-state index contributed by atoms with van der Waals surface area (Å²) in [5.74, 6) is 1.18. The largest absolute Gasteiger partial charge is 0.397 e. The molecule has 230 valence electrons. The number of nitrogens with two attached hydrogens (primary N) is 1. The van der Waals surface area contributed by atoms with Crippen LogP contribution in [0.15, 0.2) is 72.8 Å². The second kappa shape index (κ2) is 17.0. The number of para-hydroxylation sites is 2. The summed E-state index contributed by atoms with van der Waals surface area (Å²) in [4.78, 5) is 24.8. The molecule has 0 spiro atoms. The number of amides is 2. The molecule has 0 saturated carbocycles. The first-order valence-electron chi connectivity index (χ1n) is 14.7. The molecule has 2 amide bonds. The van der Waals surface area contributed by atoms with Crippen molar-refractivity contribution in [1.29, 1.82) is 0 Å². The van der Waals surface area contributed by atoms with Gasteiger partial charge in [-0.1, -0.05) is 55.0 Å². The highest BCUT2D eigenvalue weighted by atomic mass is 32.2. The molecule has 3 aromatic rings. The fourth-order valence-corrected chi connectivity index (χ4v) is 5.63. The van der Waals surface area contributed by atoms with Crippen LogP contribution in [-0.2, 0) is 25.7 Å². The average molecular weight is 608 g/mol. The van der Waals surface area contributed by atoms with E-state index in [0.29, 0.717) is 54.9 Å². The summed E-state index contributed by atoms with van der Waals surface area (Å²) in [6.45, 7) is 0.0998. The van der Waals surface area contributed by atoms with Crippen molar-refractivity contribution in [2.45, 2.75) is 63.6 Å². The number of nitrogens with one attached hydrogen (secondary N) is 2. The minimum Gasteiger partial charge on any atom is -0.397 e. The SMILES string of the molecule is Nc1ccccc1NC(=O)CCCCCC(=O)Nc1cccc([C@@H]2O[C@H](CSCCO)C[C@H](c3ccc(CO)cc3)O2)c1. The van der Waals surface area contributed by atoms with E-state index in [2.05, 4.69) is 10.6 Å². The van der Waals surface area contributed by atoms with Gasteiger partial charge in [0.15, 0.2) is 6.29 Å². The Morgan fingerprint density at radius 1 is 0.860 bits per heavy atom. The molecule has 1 aliphatic rings. The topological polar surface area (TPSA) is 143 Å². The smallest absolute Gasteiger partial charge is 0.224 e. The molecule has 1 fully saturated rings. The number of rotatable bonds is 15. The number of aliphatic hydroxyl groups is 2. The van der Waals surface area contributed by atoms with Crippen LogP contribution in [0.1, 0.15) is 67.6 Å². The van der Waals surface area contributed by atoms with Gasteiger partial charge < -0.3 is 36.1 Å². The van der Waals surface area contributed by atoms with Gasteiger partial charge in [0.2, 0.25) is 11.8 Å². The second-order valence-corrected chi connectivity index (χ2v) is 11.7. The summed E-state index contributed by atoms with van der Waals surface area (Å²) in [6, 6.07) is 22.4. The molecule has 10 heteroatoms. The zero-order valence-corrected chi connectivity index (χ0v) is 25.1. The quantitative estimate of drug-likeness (QED) is 0.112. The van der Waals surface area contributed by atoms with Gasteiger partial charge in [-0.25, -0.2) is 0 Å². The van der Waals surface area contributed by atoms with Crippen molar-refractivity contribution in [2.75, 3.05) is 34.5 Å². The monoisotopic (exact) mass is 607 g/mol. The number of hydrogen-bond acceptors (Lipinski definition) is 8. The van der Waals surface area contributed by atoms with Crippen molar-refractivity contribution in [3.8, 4) is 0 Å². The highest BCUT2D eigenvalue weighted by Gasteiger charge is 2.32. The Bertz CT molecular complexity index is 1320. The molecule has 43 heavy (non-hydrogen) atoms. The number of aliphatic hydroxyl groups excluding tert-OH is 2. The Labute approximate surface area is 257 Å². The van der Waals surface area contributed by atoms with E-state index in [1.54, 1.807) is 23.9 Å². The third kappa shape index (κ3) is 10.4. The highest BCUT2D eigenvalue weighted by molar-refractivity contribution is 7.99. The van der Waals surface area contributed by atoms with Gasteiger partial charge >= 0.3 is 0 Å². The normalized spacial score (nSPS) is 18.2. The van der Waals surface area contributed by atoms with Gasteiger partial charge in [0.05, 0.1) is 36.8 Å². The number of unbranched alkanes of at least 4 members (excludes halogenated alkanes) is 2. The number of ether oxygens (including phenoxy) is 2. The number of nitrogen functional groups attached to an aromatic ring is 1. The van der Waals surface area contributed by atoms with E-state index < -0.39 is 6.29 Å². The van der Waals surface area contributed by atoms with Crippen LogP contribution in [0.5, 0.6) is 0 Å². The van der Waals surface area contributed by atoms with E-state index >= 15 is 0 Å². The maximum absolute atomic E-state index is 12.7.